The van der Waals surface area contributed by atoms with Gasteiger partial charge in [0, 0.05) is 18.3 Å². The third-order valence-electron chi connectivity index (χ3n) is 5.32. The van der Waals surface area contributed by atoms with E-state index in [0.717, 1.165) is 12.1 Å². The molecule has 0 aliphatic rings. The third-order valence-corrected chi connectivity index (χ3v) is 7.11. The number of anilines is 6. The Labute approximate surface area is 238 Å². The maximum absolute atomic E-state index is 12.3. The second-order valence-corrected chi connectivity index (χ2v) is 11.3. The van der Waals surface area contributed by atoms with Gasteiger partial charge in [0.05, 0.1) is 29.3 Å². The van der Waals surface area contributed by atoms with Crippen LogP contribution in [0.4, 0.5) is 34.6 Å². The largest absolute Gasteiger partial charge is 0.444 e. The smallest absolute Gasteiger partial charge is 0.366 e. The molecule has 0 unspecified atom stereocenters. The lowest BCUT2D eigenvalue weighted by Gasteiger charge is -2.14. The topological polar surface area (TPSA) is 274 Å². The summed E-state index contributed by atoms with van der Waals surface area (Å²) in [5.41, 5.74) is 10.9. The van der Waals surface area contributed by atoms with Crippen molar-refractivity contribution in [3.05, 3.63) is 66.5 Å². The number of nitrogens with two attached hydrogens (primary N) is 2. The molecule has 0 aliphatic heterocycles. The lowest BCUT2D eigenvalue weighted by molar-refractivity contribution is -0.603. The number of nitrogens with zero attached hydrogens (tertiary/aromatic N) is 4. The van der Waals surface area contributed by atoms with Crippen LogP contribution < -0.4 is 32.0 Å². The number of aromatic nitrogens is 4. The number of amides is 2. The highest BCUT2D eigenvalue weighted by atomic mass is 32.2. The van der Waals surface area contributed by atoms with E-state index in [9.17, 15) is 35.5 Å². The van der Waals surface area contributed by atoms with Gasteiger partial charge in [-0.05, 0) is 58.5 Å². The minimum atomic E-state index is -4.89. The Balaban J connectivity index is 1.71. The zero-order valence-electron chi connectivity index (χ0n) is 21.4. The molecule has 2 aromatic carbocycles. The maximum Gasteiger partial charge on any atom is 0.444 e. The maximum atomic E-state index is 12.3. The molecule has 0 saturated heterocycles. The number of pyridine rings is 1. The van der Waals surface area contributed by atoms with Crippen LogP contribution in [0.2, 0.25) is 0 Å². The summed E-state index contributed by atoms with van der Waals surface area (Å²) in [7, 11) is -9.68. The van der Waals surface area contributed by atoms with Crippen LogP contribution in [0.1, 0.15) is 17.3 Å². The van der Waals surface area contributed by atoms with Crippen molar-refractivity contribution in [3.63, 3.8) is 0 Å². The molecule has 2 aromatic heterocycles. The summed E-state index contributed by atoms with van der Waals surface area (Å²) in [5, 5.41) is 7.67. The number of carbonyl (C=O) groups is 2. The van der Waals surface area contributed by atoms with Gasteiger partial charge < -0.3 is 27.4 Å². The van der Waals surface area contributed by atoms with E-state index in [2.05, 4.69) is 30.9 Å². The van der Waals surface area contributed by atoms with Crippen LogP contribution in [0.15, 0.2) is 70.7 Å². The number of hydrogen-bond acceptors (Lipinski definition) is 12. The minimum Gasteiger partial charge on any atom is -0.366 e. The highest BCUT2D eigenvalue weighted by molar-refractivity contribution is 7.86. The van der Waals surface area contributed by atoms with Crippen molar-refractivity contribution < 1.29 is 40.1 Å². The second-order valence-electron chi connectivity index (χ2n) is 8.48. The van der Waals surface area contributed by atoms with E-state index >= 15 is 0 Å². The summed E-state index contributed by atoms with van der Waals surface area (Å²) in [6, 6.07) is 10.1. The van der Waals surface area contributed by atoms with Crippen molar-refractivity contribution in [1.82, 2.24) is 15.0 Å². The highest BCUT2D eigenvalue weighted by Gasteiger charge is 2.23. The number of hydrogen-bond donors (Lipinski definition) is 7. The van der Waals surface area contributed by atoms with Gasteiger partial charge in [0.15, 0.2) is 0 Å². The zero-order chi connectivity index (χ0) is 30.8. The Bertz CT molecular complexity index is 1950. The predicted molar refractivity (Wildman–Crippen MR) is 148 cm³/mol. The summed E-state index contributed by atoms with van der Waals surface area (Å²) in [5.74, 6) is -1.75. The van der Waals surface area contributed by atoms with Gasteiger partial charge >= 0.3 is 17.8 Å². The third kappa shape index (κ3) is 7.09. The van der Waals surface area contributed by atoms with Gasteiger partial charge in [-0.3, -0.25) is 18.7 Å². The van der Waals surface area contributed by atoms with Gasteiger partial charge in [0.1, 0.15) is 9.79 Å². The molecule has 0 radical (unpaired) electrons. The molecule has 0 saturated carbocycles. The first kappa shape index (κ1) is 29.7. The van der Waals surface area contributed by atoms with Crippen LogP contribution in [-0.4, -0.2) is 52.7 Å². The van der Waals surface area contributed by atoms with Crippen molar-refractivity contribution >= 4 is 66.7 Å². The van der Waals surface area contributed by atoms with E-state index in [4.69, 9.17) is 11.5 Å². The average molecular weight is 617 g/mol. The molecule has 4 rings (SSSR count). The lowest BCUT2D eigenvalue weighted by Crippen LogP contribution is -2.35. The Morgan fingerprint density at radius 1 is 0.857 bits per heavy atom. The van der Waals surface area contributed by atoms with Gasteiger partial charge in [-0.15, -0.1) is 4.98 Å². The molecule has 4 aromatic rings. The second kappa shape index (κ2) is 11.3. The SMILES string of the molecule is CC(=O)Nc1ccc(Nc2ccc(Nc3nc(N)nc(-[n+]4cccc(C(N)=O)c4)n3)c(S(=O)(=O)O)c2)c(S(=O)(=O)O)c1. The summed E-state index contributed by atoms with van der Waals surface area (Å²) in [4.78, 5) is 33.6. The first-order valence-corrected chi connectivity index (χ1v) is 14.4. The predicted octanol–water partition coefficient (Wildman–Crippen LogP) is 0.768. The van der Waals surface area contributed by atoms with Gasteiger partial charge in [-0.2, -0.15) is 16.8 Å². The van der Waals surface area contributed by atoms with E-state index in [1.165, 1.54) is 60.3 Å². The number of nitrogens with one attached hydrogen (secondary N) is 3. The summed E-state index contributed by atoms with van der Waals surface area (Å²) >= 11 is 0. The molecule has 9 N–H and O–H groups in total. The van der Waals surface area contributed by atoms with Crippen LogP contribution in [0.25, 0.3) is 5.95 Å². The van der Waals surface area contributed by atoms with Crippen LogP contribution in [0.5, 0.6) is 0 Å². The quantitative estimate of drug-likeness (QED) is 0.101. The van der Waals surface area contributed by atoms with Gasteiger partial charge in [-0.25, -0.2) is 4.57 Å². The fourth-order valence-electron chi connectivity index (χ4n) is 3.61. The monoisotopic (exact) mass is 616 g/mol. The molecule has 2 amide bonds. The molecule has 0 bridgehead atoms. The first-order chi connectivity index (χ1) is 19.6. The number of benzene rings is 2. The molecule has 0 spiro atoms. The van der Waals surface area contributed by atoms with Crippen LogP contribution >= 0.6 is 0 Å². The Kier molecular flexibility index (Phi) is 8.02. The van der Waals surface area contributed by atoms with Crippen molar-refractivity contribution in [2.75, 3.05) is 21.7 Å². The minimum absolute atomic E-state index is 0.0139. The van der Waals surface area contributed by atoms with E-state index in [1.807, 2.05) is 0 Å². The number of rotatable bonds is 9. The molecule has 19 heteroatoms. The number of primary amides is 1. The zero-order valence-corrected chi connectivity index (χ0v) is 23.0. The van der Waals surface area contributed by atoms with Crippen LogP contribution in [0.3, 0.4) is 0 Å². The fourth-order valence-corrected chi connectivity index (χ4v) is 4.96. The molecule has 218 valence electrons. The number of nitrogen functional groups attached to an aromatic ring is 1. The van der Waals surface area contributed by atoms with Crippen molar-refractivity contribution in [2.45, 2.75) is 16.7 Å². The molecule has 0 fully saturated rings. The Morgan fingerprint density at radius 3 is 2.05 bits per heavy atom. The number of carbonyl (C=O) groups excluding carboxylic acids is 2. The molecule has 17 nitrogen and oxygen atoms in total. The first-order valence-electron chi connectivity index (χ1n) is 11.5. The summed E-state index contributed by atoms with van der Waals surface area (Å²) in [6.45, 7) is 1.21. The van der Waals surface area contributed by atoms with E-state index in [0.29, 0.717) is 0 Å². The van der Waals surface area contributed by atoms with Crippen molar-refractivity contribution in [3.8, 4) is 5.95 Å². The van der Waals surface area contributed by atoms with E-state index in [1.54, 1.807) is 0 Å². The van der Waals surface area contributed by atoms with Gasteiger partial charge in [0.2, 0.25) is 5.91 Å². The molecule has 42 heavy (non-hydrogen) atoms. The Hall–Kier alpha value is -5.24. The average Bonchev–Trinajstić information content (AvgIpc) is 2.88. The van der Waals surface area contributed by atoms with Gasteiger partial charge in [0.25, 0.3) is 26.1 Å². The summed E-state index contributed by atoms with van der Waals surface area (Å²) in [6.07, 6.45) is 2.84. The van der Waals surface area contributed by atoms with Crippen molar-refractivity contribution in [1.29, 1.82) is 0 Å². The molecular weight excluding hydrogens is 594 g/mol. The molecular formula is C23H22N9O8S2+. The molecule has 2 heterocycles. The van der Waals surface area contributed by atoms with Crippen molar-refractivity contribution in [2.24, 2.45) is 5.73 Å². The normalized spacial score (nSPS) is 11.5. The van der Waals surface area contributed by atoms with Crippen LogP contribution in [0, 0.1) is 0 Å². The van der Waals surface area contributed by atoms with Crippen LogP contribution in [-0.2, 0) is 25.0 Å². The van der Waals surface area contributed by atoms with Gasteiger partial charge in [-0.1, -0.05) is 0 Å². The fraction of sp³-hybridized carbons (Fsp3) is 0.0435. The highest BCUT2D eigenvalue weighted by Crippen LogP contribution is 2.32. The molecule has 0 atom stereocenters. The lowest BCUT2D eigenvalue weighted by atomic mass is 10.2. The van der Waals surface area contributed by atoms with E-state index in [-0.39, 0.29) is 46.2 Å². The Morgan fingerprint density at radius 2 is 1.45 bits per heavy atom. The standard InChI is InChI=1S/C23H21N9O8S2/c1-12(33)26-14-4-6-16(18(9-14)41(35,36)37)27-15-5-7-17(19(10-15)42(38,39)40)28-22-29-21(25)30-23(31-22)32-8-2-3-13(11-32)20(24)34/h2-11,27H,1H3,(H7-,24,25,26,28,29,30,31,33,34,35,36,37,38,39,40)/p+1. The summed E-state index contributed by atoms with van der Waals surface area (Å²) < 4.78 is 69.4. The van der Waals surface area contributed by atoms with E-state index < -0.39 is 41.8 Å². The molecule has 0 aliphatic carbocycles.